The molecule has 2 heterocycles. The average molecular weight is 399 g/mol. The Balaban J connectivity index is 1.80. The molecule has 3 aromatic rings. The minimum Gasteiger partial charge on any atom is -0.349 e. The second-order valence-electron chi connectivity index (χ2n) is 6.66. The predicted molar refractivity (Wildman–Crippen MR) is 105 cm³/mol. The zero-order chi connectivity index (χ0) is 17.6. The van der Waals surface area contributed by atoms with Crippen molar-refractivity contribution in [3.63, 3.8) is 0 Å². The average Bonchev–Trinajstić information content (AvgIpc) is 2.94. The molecule has 1 aromatic carbocycles. The quantitative estimate of drug-likeness (QED) is 0.508. The molecule has 5 nitrogen and oxygen atoms in total. The highest BCUT2D eigenvalue weighted by Crippen LogP contribution is 2.25. The van der Waals surface area contributed by atoms with Crippen LogP contribution >= 0.6 is 15.9 Å². The summed E-state index contributed by atoms with van der Waals surface area (Å²) in [5, 5.41) is 5.39. The Labute approximate surface area is 153 Å². The summed E-state index contributed by atoms with van der Waals surface area (Å²) in [5.74, 6) is 0.974. The zero-order valence-corrected chi connectivity index (χ0v) is 15.8. The van der Waals surface area contributed by atoms with Gasteiger partial charge in [-0.05, 0) is 57.2 Å². The van der Waals surface area contributed by atoms with Gasteiger partial charge in [-0.2, -0.15) is 9.78 Å². The Kier molecular flexibility index (Phi) is 4.07. The highest BCUT2D eigenvalue weighted by Gasteiger charge is 2.14. The summed E-state index contributed by atoms with van der Waals surface area (Å²) in [5.41, 5.74) is 3.37. The van der Waals surface area contributed by atoms with E-state index >= 15 is 0 Å². The highest BCUT2D eigenvalue weighted by atomic mass is 79.9. The molecule has 128 valence electrons. The van der Waals surface area contributed by atoms with Crippen LogP contribution in [0.25, 0.3) is 21.9 Å². The van der Waals surface area contributed by atoms with Crippen LogP contribution in [-0.2, 0) is 0 Å². The SMILES string of the molecule is CC1=CC[C@@H](/C=N\n2c(C)nc3c([nH]c4ccc(Br)cc43)c2=O)CC1. The lowest BCUT2D eigenvalue weighted by molar-refractivity contribution is 0.601. The molecule has 0 radical (unpaired) electrons. The van der Waals surface area contributed by atoms with Crippen molar-refractivity contribution in [2.24, 2.45) is 11.0 Å². The Hall–Kier alpha value is -2.21. The number of H-pyrrole nitrogens is 1. The molecule has 0 saturated carbocycles. The first kappa shape index (κ1) is 16.3. The molecule has 0 unspecified atom stereocenters. The molecule has 1 atom stereocenters. The van der Waals surface area contributed by atoms with E-state index in [1.807, 2.05) is 31.3 Å². The second kappa shape index (κ2) is 6.26. The summed E-state index contributed by atoms with van der Waals surface area (Å²) >= 11 is 3.47. The number of fused-ring (bicyclic) bond motifs is 3. The van der Waals surface area contributed by atoms with Crippen LogP contribution in [0.3, 0.4) is 0 Å². The molecular formula is C19H19BrN4O. The summed E-state index contributed by atoms with van der Waals surface area (Å²) in [6.45, 7) is 3.98. The number of rotatable bonds is 2. The third-order valence-electron chi connectivity index (χ3n) is 4.79. The number of aromatic nitrogens is 3. The number of nitrogens with one attached hydrogen (secondary N) is 1. The van der Waals surface area contributed by atoms with E-state index in [9.17, 15) is 4.79 Å². The Morgan fingerprint density at radius 3 is 3.00 bits per heavy atom. The topological polar surface area (TPSA) is 63.0 Å². The first-order valence-corrected chi connectivity index (χ1v) is 9.23. The van der Waals surface area contributed by atoms with E-state index in [2.05, 4.69) is 44.0 Å². The normalized spacial score (nSPS) is 18.4. The van der Waals surface area contributed by atoms with Crippen LogP contribution in [0, 0.1) is 12.8 Å². The molecule has 0 fully saturated rings. The molecule has 1 aliphatic rings. The van der Waals surface area contributed by atoms with Crippen LogP contribution in [0.1, 0.15) is 32.0 Å². The van der Waals surface area contributed by atoms with Gasteiger partial charge in [-0.3, -0.25) is 4.79 Å². The fourth-order valence-corrected chi connectivity index (χ4v) is 3.66. The van der Waals surface area contributed by atoms with Gasteiger partial charge in [0.25, 0.3) is 5.56 Å². The van der Waals surface area contributed by atoms with Crippen molar-refractivity contribution in [1.29, 1.82) is 0 Å². The van der Waals surface area contributed by atoms with Crippen LogP contribution in [0.2, 0.25) is 0 Å². The number of hydrogen-bond acceptors (Lipinski definition) is 3. The summed E-state index contributed by atoms with van der Waals surface area (Å²) < 4.78 is 2.36. The predicted octanol–water partition coefficient (Wildman–Crippen LogP) is 4.53. The van der Waals surface area contributed by atoms with Gasteiger partial charge in [0.15, 0.2) is 0 Å². The van der Waals surface area contributed by atoms with E-state index in [0.29, 0.717) is 22.8 Å². The molecule has 0 aliphatic heterocycles. The molecule has 0 saturated heterocycles. The highest BCUT2D eigenvalue weighted by molar-refractivity contribution is 9.10. The van der Waals surface area contributed by atoms with Gasteiger partial charge >= 0.3 is 0 Å². The van der Waals surface area contributed by atoms with E-state index < -0.39 is 0 Å². The maximum atomic E-state index is 12.9. The van der Waals surface area contributed by atoms with Gasteiger partial charge in [0.1, 0.15) is 16.9 Å². The lowest BCUT2D eigenvalue weighted by Crippen LogP contribution is -2.21. The standard InChI is InChI=1S/C19H19BrN4O/c1-11-3-5-13(6-4-11)10-21-24-12(2)22-17-15-9-14(20)7-8-16(15)23-18(17)19(24)25/h3,7-10,13,23H,4-6H2,1-2H3/b21-10-/t13-/m1/s1. The Morgan fingerprint density at radius 2 is 2.24 bits per heavy atom. The molecule has 4 rings (SSSR count). The van der Waals surface area contributed by atoms with Gasteiger partial charge in [0.05, 0.1) is 0 Å². The van der Waals surface area contributed by atoms with Gasteiger partial charge in [0.2, 0.25) is 0 Å². The number of allylic oxidation sites excluding steroid dienone is 2. The minimum absolute atomic E-state index is 0.159. The molecule has 1 N–H and O–H groups in total. The van der Waals surface area contributed by atoms with Crippen molar-refractivity contribution in [2.45, 2.75) is 33.1 Å². The van der Waals surface area contributed by atoms with Crippen molar-refractivity contribution in [3.05, 3.63) is 50.5 Å². The first-order chi connectivity index (χ1) is 12.0. The van der Waals surface area contributed by atoms with E-state index in [0.717, 1.165) is 34.6 Å². The van der Waals surface area contributed by atoms with Crippen LogP contribution in [-0.4, -0.2) is 20.9 Å². The van der Waals surface area contributed by atoms with Crippen molar-refractivity contribution in [2.75, 3.05) is 0 Å². The maximum Gasteiger partial charge on any atom is 0.298 e. The minimum atomic E-state index is -0.159. The number of aryl methyl sites for hydroxylation is 1. The zero-order valence-electron chi connectivity index (χ0n) is 14.2. The third-order valence-corrected chi connectivity index (χ3v) is 5.28. The van der Waals surface area contributed by atoms with E-state index in [1.165, 1.54) is 10.2 Å². The number of hydrogen-bond donors (Lipinski definition) is 1. The molecular weight excluding hydrogens is 380 g/mol. The number of nitrogens with zero attached hydrogens (tertiary/aromatic N) is 3. The smallest absolute Gasteiger partial charge is 0.298 e. The second-order valence-corrected chi connectivity index (χ2v) is 7.58. The molecule has 6 heteroatoms. The van der Waals surface area contributed by atoms with Gasteiger partial charge < -0.3 is 4.98 Å². The molecule has 0 bridgehead atoms. The lowest BCUT2D eigenvalue weighted by atomic mass is 9.91. The van der Waals surface area contributed by atoms with Crippen molar-refractivity contribution >= 4 is 44.1 Å². The van der Waals surface area contributed by atoms with Gasteiger partial charge in [0, 0.05) is 21.6 Å². The number of halogens is 1. The lowest BCUT2D eigenvalue weighted by Gasteiger charge is -2.16. The first-order valence-electron chi connectivity index (χ1n) is 8.43. The van der Waals surface area contributed by atoms with Crippen LogP contribution in [0.4, 0.5) is 0 Å². The van der Waals surface area contributed by atoms with Crippen molar-refractivity contribution < 1.29 is 0 Å². The summed E-state index contributed by atoms with van der Waals surface area (Å²) in [4.78, 5) is 20.7. The number of aromatic amines is 1. The largest absolute Gasteiger partial charge is 0.349 e. The van der Waals surface area contributed by atoms with E-state index in [1.54, 1.807) is 0 Å². The monoisotopic (exact) mass is 398 g/mol. The van der Waals surface area contributed by atoms with E-state index in [4.69, 9.17) is 0 Å². The summed E-state index contributed by atoms with van der Waals surface area (Å²) in [6.07, 6.45) is 7.31. The van der Waals surface area contributed by atoms with Gasteiger partial charge in [-0.15, -0.1) is 0 Å². The maximum absolute atomic E-state index is 12.9. The molecule has 2 aromatic heterocycles. The van der Waals surface area contributed by atoms with Gasteiger partial charge in [-0.25, -0.2) is 4.98 Å². The molecule has 0 spiro atoms. The van der Waals surface area contributed by atoms with Gasteiger partial charge in [-0.1, -0.05) is 27.6 Å². The summed E-state index contributed by atoms with van der Waals surface area (Å²) in [7, 11) is 0. The van der Waals surface area contributed by atoms with Crippen LogP contribution in [0.15, 0.2) is 44.2 Å². The fourth-order valence-electron chi connectivity index (χ4n) is 3.30. The van der Waals surface area contributed by atoms with E-state index in [-0.39, 0.29) is 5.56 Å². The molecule has 25 heavy (non-hydrogen) atoms. The van der Waals surface area contributed by atoms with Crippen LogP contribution in [0.5, 0.6) is 0 Å². The Morgan fingerprint density at radius 1 is 1.40 bits per heavy atom. The third kappa shape index (κ3) is 2.95. The summed E-state index contributed by atoms with van der Waals surface area (Å²) in [6, 6.07) is 5.87. The molecule has 0 amide bonds. The van der Waals surface area contributed by atoms with Crippen molar-refractivity contribution in [1.82, 2.24) is 14.6 Å². The van der Waals surface area contributed by atoms with Crippen LogP contribution < -0.4 is 5.56 Å². The Bertz CT molecular complexity index is 1090. The fraction of sp³-hybridized carbons (Fsp3) is 0.316. The van der Waals surface area contributed by atoms with Crippen molar-refractivity contribution in [3.8, 4) is 0 Å². The number of benzene rings is 1. The molecule has 1 aliphatic carbocycles.